The van der Waals surface area contributed by atoms with E-state index in [0.717, 1.165) is 0 Å². The van der Waals surface area contributed by atoms with Gasteiger partial charge in [-0.15, -0.1) is 0 Å². The number of aryl methyl sites for hydroxylation is 2. The standard InChI is InChI=1S/C14H15ClN2O4S/c1-4-12(18)16-14-13(9(3)17-21-14)10-6-5-8(2)11(7-10)22(15,19)20/h5-7H,4H2,1-3H3,(H,16,18). The number of halogens is 1. The average molecular weight is 343 g/mol. The molecule has 118 valence electrons. The number of hydrogen-bond donors (Lipinski definition) is 1. The summed E-state index contributed by atoms with van der Waals surface area (Å²) in [4.78, 5) is 11.6. The highest BCUT2D eigenvalue weighted by molar-refractivity contribution is 8.13. The van der Waals surface area contributed by atoms with Crippen LogP contribution in [0.25, 0.3) is 11.1 Å². The Morgan fingerprint density at radius 1 is 1.36 bits per heavy atom. The summed E-state index contributed by atoms with van der Waals surface area (Å²) in [7, 11) is 1.58. The molecule has 1 aromatic heterocycles. The molecular weight excluding hydrogens is 328 g/mol. The maximum atomic E-state index is 11.6. The lowest BCUT2D eigenvalue weighted by Gasteiger charge is -2.07. The molecule has 1 amide bonds. The average Bonchev–Trinajstić information content (AvgIpc) is 2.79. The normalized spacial score (nSPS) is 11.5. The van der Waals surface area contributed by atoms with Crippen LogP contribution in [0, 0.1) is 13.8 Å². The summed E-state index contributed by atoms with van der Waals surface area (Å²) >= 11 is 0. The van der Waals surface area contributed by atoms with E-state index in [0.29, 0.717) is 22.4 Å². The molecule has 22 heavy (non-hydrogen) atoms. The maximum absolute atomic E-state index is 11.6. The van der Waals surface area contributed by atoms with Crippen LogP contribution < -0.4 is 5.32 Å². The van der Waals surface area contributed by atoms with Crippen LogP contribution in [0.15, 0.2) is 27.6 Å². The van der Waals surface area contributed by atoms with E-state index in [1.54, 1.807) is 32.9 Å². The predicted molar refractivity (Wildman–Crippen MR) is 83.4 cm³/mol. The molecule has 0 bridgehead atoms. The Morgan fingerprint density at radius 3 is 2.64 bits per heavy atom. The molecule has 0 saturated heterocycles. The number of carbonyl (C=O) groups excluding carboxylic acids is 1. The second kappa shape index (κ2) is 6.10. The van der Waals surface area contributed by atoms with Gasteiger partial charge < -0.3 is 4.52 Å². The highest BCUT2D eigenvalue weighted by atomic mass is 35.7. The Morgan fingerprint density at radius 2 is 2.05 bits per heavy atom. The zero-order valence-corrected chi connectivity index (χ0v) is 13.9. The van der Waals surface area contributed by atoms with Crippen molar-refractivity contribution in [3.63, 3.8) is 0 Å². The van der Waals surface area contributed by atoms with Crippen LogP contribution >= 0.6 is 10.7 Å². The zero-order valence-electron chi connectivity index (χ0n) is 12.3. The van der Waals surface area contributed by atoms with Gasteiger partial charge in [-0.1, -0.05) is 24.2 Å². The first kappa shape index (κ1) is 16.5. The quantitative estimate of drug-likeness (QED) is 0.861. The van der Waals surface area contributed by atoms with E-state index in [4.69, 9.17) is 15.2 Å². The largest absolute Gasteiger partial charge is 0.337 e. The highest BCUT2D eigenvalue weighted by Crippen LogP contribution is 2.34. The summed E-state index contributed by atoms with van der Waals surface area (Å²) < 4.78 is 28.4. The van der Waals surface area contributed by atoms with Crippen molar-refractivity contribution in [1.82, 2.24) is 5.16 Å². The van der Waals surface area contributed by atoms with E-state index in [1.165, 1.54) is 6.07 Å². The van der Waals surface area contributed by atoms with Crippen molar-refractivity contribution < 1.29 is 17.7 Å². The molecule has 0 aliphatic rings. The van der Waals surface area contributed by atoms with Gasteiger partial charge in [0.2, 0.25) is 11.8 Å². The Labute approximate surface area is 132 Å². The fourth-order valence-electron chi connectivity index (χ4n) is 2.03. The minimum Gasteiger partial charge on any atom is -0.337 e. The van der Waals surface area contributed by atoms with Crippen molar-refractivity contribution in [3.05, 3.63) is 29.5 Å². The van der Waals surface area contributed by atoms with Gasteiger partial charge in [0.15, 0.2) is 0 Å². The van der Waals surface area contributed by atoms with Crippen LogP contribution in [0.1, 0.15) is 24.6 Å². The molecule has 0 atom stereocenters. The monoisotopic (exact) mass is 342 g/mol. The van der Waals surface area contributed by atoms with Crippen LogP contribution in [0.3, 0.4) is 0 Å². The number of carbonyl (C=O) groups is 1. The predicted octanol–water partition coefficient (Wildman–Crippen LogP) is 3.23. The number of hydrogen-bond acceptors (Lipinski definition) is 5. The molecule has 2 aromatic rings. The Hall–Kier alpha value is -1.86. The molecule has 0 unspecified atom stereocenters. The Kier molecular flexibility index (Phi) is 4.58. The molecule has 0 radical (unpaired) electrons. The summed E-state index contributed by atoms with van der Waals surface area (Å²) in [5.41, 5.74) is 2.15. The first-order valence-corrected chi connectivity index (χ1v) is 8.86. The van der Waals surface area contributed by atoms with E-state index in [-0.39, 0.29) is 23.1 Å². The number of anilines is 1. The van der Waals surface area contributed by atoms with Gasteiger partial charge in [0.1, 0.15) is 0 Å². The van der Waals surface area contributed by atoms with Crippen molar-refractivity contribution in [2.24, 2.45) is 0 Å². The van der Waals surface area contributed by atoms with E-state index in [9.17, 15) is 13.2 Å². The molecule has 0 aliphatic carbocycles. The molecule has 0 fully saturated rings. The number of amides is 1. The van der Waals surface area contributed by atoms with Gasteiger partial charge in [-0.2, -0.15) is 0 Å². The third kappa shape index (κ3) is 3.31. The fourth-order valence-corrected chi connectivity index (χ4v) is 3.25. The first-order chi connectivity index (χ1) is 10.2. The van der Waals surface area contributed by atoms with Gasteiger partial charge in [0.25, 0.3) is 9.05 Å². The van der Waals surface area contributed by atoms with Gasteiger partial charge in [0, 0.05) is 17.1 Å². The number of aromatic nitrogens is 1. The molecule has 0 saturated carbocycles. The summed E-state index contributed by atoms with van der Waals surface area (Å²) in [5, 5.41) is 6.42. The van der Waals surface area contributed by atoms with Crippen molar-refractivity contribution in [2.45, 2.75) is 32.1 Å². The molecule has 6 nitrogen and oxygen atoms in total. The van der Waals surface area contributed by atoms with Crippen molar-refractivity contribution >= 4 is 31.5 Å². The fraction of sp³-hybridized carbons (Fsp3) is 0.286. The molecule has 0 aliphatic heterocycles. The molecule has 1 N–H and O–H groups in total. The maximum Gasteiger partial charge on any atom is 0.261 e. The highest BCUT2D eigenvalue weighted by Gasteiger charge is 2.20. The van der Waals surface area contributed by atoms with Crippen LogP contribution in [0.2, 0.25) is 0 Å². The lowest BCUT2D eigenvalue weighted by molar-refractivity contribution is -0.116. The molecule has 1 heterocycles. The molecule has 1 aromatic carbocycles. The molecular formula is C14H15ClN2O4S. The van der Waals surface area contributed by atoms with Crippen molar-refractivity contribution in [1.29, 1.82) is 0 Å². The smallest absolute Gasteiger partial charge is 0.261 e. The number of nitrogens with one attached hydrogen (secondary N) is 1. The van der Waals surface area contributed by atoms with Crippen molar-refractivity contribution in [2.75, 3.05) is 5.32 Å². The molecule has 2 rings (SSSR count). The third-order valence-corrected chi connectivity index (χ3v) is 4.64. The van der Waals surface area contributed by atoms with Crippen LogP contribution in [0.4, 0.5) is 5.88 Å². The van der Waals surface area contributed by atoms with Gasteiger partial charge in [0.05, 0.1) is 16.2 Å². The van der Waals surface area contributed by atoms with Crippen LogP contribution in [0.5, 0.6) is 0 Å². The molecule has 8 heteroatoms. The summed E-state index contributed by atoms with van der Waals surface area (Å²) in [6.07, 6.45) is 0.286. The second-order valence-corrected chi connectivity index (χ2v) is 7.33. The summed E-state index contributed by atoms with van der Waals surface area (Å²) in [6, 6.07) is 4.81. The lowest BCUT2D eigenvalue weighted by atomic mass is 10.0. The Bertz CT molecular complexity index is 827. The van der Waals surface area contributed by atoms with Crippen LogP contribution in [-0.4, -0.2) is 19.5 Å². The van der Waals surface area contributed by atoms with E-state index in [1.807, 2.05) is 0 Å². The van der Waals surface area contributed by atoms with Gasteiger partial charge in [-0.05, 0) is 31.0 Å². The third-order valence-electron chi connectivity index (χ3n) is 3.18. The van der Waals surface area contributed by atoms with E-state index < -0.39 is 9.05 Å². The zero-order chi connectivity index (χ0) is 16.5. The number of nitrogens with zero attached hydrogens (tertiary/aromatic N) is 1. The van der Waals surface area contributed by atoms with Crippen molar-refractivity contribution in [3.8, 4) is 11.1 Å². The number of benzene rings is 1. The minimum atomic E-state index is -3.87. The minimum absolute atomic E-state index is 0.0139. The van der Waals surface area contributed by atoms with Gasteiger partial charge >= 0.3 is 0 Å². The first-order valence-electron chi connectivity index (χ1n) is 6.55. The summed E-state index contributed by atoms with van der Waals surface area (Å²) in [6.45, 7) is 5.07. The van der Waals surface area contributed by atoms with E-state index in [2.05, 4.69) is 10.5 Å². The topological polar surface area (TPSA) is 89.3 Å². The second-order valence-electron chi connectivity index (χ2n) is 4.79. The number of rotatable bonds is 4. The SMILES string of the molecule is CCC(=O)Nc1onc(C)c1-c1ccc(C)c(S(=O)(=O)Cl)c1. The van der Waals surface area contributed by atoms with Crippen LogP contribution in [-0.2, 0) is 13.8 Å². The van der Waals surface area contributed by atoms with Gasteiger partial charge in [-0.3, -0.25) is 10.1 Å². The summed E-state index contributed by atoms with van der Waals surface area (Å²) in [5.74, 6) is -0.0409. The molecule has 0 spiro atoms. The van der Waals surface area contributed by atoms with E-state index >= 15 is 0 Å². The lowest BCUT2D eigenvalue weighted by Crippen LogP contribution is -2.09. The Balaban J connectivity index is 2.58. The van der Waals surface area contributed by atoms with Gasteiger partial charge in [-0.25, -0.2) is 8.42 Å².